The van der Waals surface area contributed by atoms with Gasteiger partial charge in [0.05, 0.1) is 0 Å². The number of allylic oxidation sites excluding steroid dienone is 3. The second-order valence-electron chi connectivity index (χ2n) is 6.13. The van der Waals surface area contributed by atoms with Crippen LogP contribution in [0, 0.1) is 5.41 Å². The highest BCUT2D eigenvalue weighted by molar-refractivity contribution is 5.99. The van der Waals surface area contributed by atoms with Crippen LogP contribution in [0.4, 0.5) is 0 Å². The van der Waals surface area contributed by atoms with Crippen LogP contribution in [0.2, 0.25) is 0 Å². The van der Waals surface area contributed by atoms with Crippen LogP contribution in [0.5, 0.6) is 11.5 Å². The number of benzene rings is 1. The van der Waals surface area contributed by atoms with E-state index in [1.807, 2.05) is 18.2 Å². The minimum absolute atomic E-state index is 0.0248. The Kier molecular flexibility index (Phi) is 6.17. The van der Waals surface area contributed by atoms with Crippen LogP contribution in [0.25, 0.3) is 0 Å². The van der Waals surface area contributed by atoms with E-state index >= 15 is 0 Å². The molecule has 0 radical (unpaired) electrons. The van der Waals surface area contributed by atoms with Gasteiger partial charge in [-0.25, -0.2) is 4.79 Å². The third-order valence-corrected chi connectivity index (χ3v) is 3.90. The van der Waals surface area contributed by atoms with E-state index in [4.69, 9.17) is 10.1 Å². The number of aromatic hydroxyl groups is 2. The predicted molar refractivity (Wildman–Crippen MR) is 97.4 cm³/mol. The molecule has 0 aromatic heterocycles. The van der Waals surface area contributed by atoms with Gasteiger partial charge in [0.2, 0.25) is 0 Å². The van der Waals surface area contributed by atoms with E-state index in [2.05, 4.69) is 6.58 Å². The molecule has 1 aromatic rings. The highest BCUT2D eigenvalue weighted by Crippen LogP contribution is 2.29. The van der Waals surface area contributed by atoms with Gasteiger partial charge >= 0.3 is 5.97 Å². The second kappa shape index (κ2) is 8.33. The van der Waals surface area contributed by atoms with Crippen LogP contribution < -0.4 is 0 Å². The maximum atomic E-state index is 12.6. The Morgan fingerprint density at radius 3 is 2.68 bits per heavy atom. The number of cyclic esters (lactones) is 1. The minimum Gasteiger partial charge on any atom is -0.508 e. The van der Waals surface area contributed by atoms with Gasteiger partial charge in [0.1, 0.15) is 23.2 Å². The largest absolute Gasteiger partial charge is 0.508 e. The van der Waals surface area contributed by atoms with E-state index in [0.717, 1.165) is 18.9 Å². The van der Waals surface area contributed by atoms with Crippen molar-refractivity contribution in [1.82, 2.24) is 0 Å². The van der Waals surface area contributed by atoms with Crippen molar-refractivity contribution in [3.8, 4) is 11.5 Å². The molecule has 25 heavy (non-hydrogen) atoms. The standard InChI is InChI=1S/C20H23NO4/c1-13(2)18-9-7-5-3-4-6-8-15(21)10-14-11-16(22)12-17(23)19(14)20(24)25-18/h5-8,11-12,18,21-23H,1,3-4,9-10H2,2H3/b7-5+,8-6+,21-15?/t18-/m0/s1. The quantitative estimate of drug-likeness (QED) is 0.531. The first-order chi connectivity index (χ1) is 11.9. The molecule has 3 N–H and O–H groups in total. The third kappa shape index (κ3) is 5.08. The number of carbonyl (C=O) groups excluding carboxylic acids is 1. The average Bonchev–Trinajstić information content (AvgIpc) is 2.51. The number of phenolic OH excluding ortho intramolecular Hbond substituents is 2. The maximum absolute atomic E-state index is 12.6. The van der Waals surface area contributed by atoms with Crippen molar-refractivity contribution in [3.63, 3.8) is 0 Å². The summed E-state index contributed by atoms with van der Waals surface area (Å²) in [5.74, 6) is -1.22. The molecule has 0 bridgehead atoms. The van der Waals surface area contributed by atoms with Gasteiger partial charge in [-0.1, -0.05) is 24.8 Å². The van der Waals surface area contributed by atoms with Crippen LogP contribution >= 0.6 is 0 Å². The van der Waals surface area contributed by atoms with Crippen molar-refractivity contribution in [2.75, 3.05) is 0 Å². The summed E-state index contributed by atoms with van der Waals surface area (Å²) in [4.78, 5) is 12.6. The molecule has 0 saturated carbocycles. The fourth-order valence-electron chi connectivity index (χ4n) is 2.60. The average molecular weight is 341 g/mol. The van der Waals surface area contributed by atoms with Crippen LogP contribution in [0.1, 0.15) is 42.1 Å². The first kappa shape index (κ1) is 18.5. The van der Waals surface area contributed by atoms with Gasteiger partial charge in [-0.05, 0) is 43.0 Å². The normalized spacial score (nSPS) is 21.6. The molecule has 0 amide bonds. The number of esters is 1. The molecule has 1 aromatic carbocycles. The van der Waals surface area contributed by atoms with E-state index in [-0.39, 0.29) is 29.2 Å². The van der Waals surface area contributed by atoms with E-state index in [1.165, 1.54) is 6.07 Å². The number of ether oxygens (including phenoxy) is 1. The maximum Gasteiger partial charge on any atom is 0.342 e. The number of carbonyl (C=O) groups is 1. The molecular formula is C20H23NO4. The Balaban J connectivity index is 2.45. The van der Waals surface area contributed by atoms with Gasteiger partial charge in [-0.15, -0.1) is 0 Å². The van der Waals surface area contributed by atoms with Crippen molar-refractivity contribution in [2.24, 2.45) is 0 Å². The number of nitrogens with one attached hydrogen (secondary N) is 1. The Labute approximate surface area is 147 Å². The van der Waals surface area contributed by atoms with Crippen molar-refractivity contribution >= 4 is 11.7 Å². The Morgan fingerprint density at radius 1 is 1.24 bits per heavy atom. The molecule has 1 heterocycles. The van der Waals surface area contributed by atoms with E-state index in [1.54, 1.807) is 13.0 Å². The van der Waals surface area contributed by atoms with Crippen molar-refractivity contribution in [2.45, 2.75) is 38.7 Å². The molecule has 0 saturated heterocycles. The summed E-state index contributed by atoms with van der Waals surface area (Å²) in [5.41, 5.74) is 1.31. The first-order valence-corrected chi connectivity index (χ1v) is 8.18. The van der Waals surface area contributed by atoms with Crippen molar-refractivity contribution in [1.29, 1.82) is 5.41 Å². The zero-order valence-corrected chi connectivity index (χ0v) is 14.3. The predicted octanol–water partition coefficient (Wildman–Crippen LogP) is 4.06. The lowest BCUT2D eigenvalue weighted by Gasteiger charge is -2.19. The summed E-state index contributed by atoms with van der Waals surface area (Å²) >= 11 is 0. The molecule has 5 heteroatoms. The molecule has 0 spiro atoms. The minimum atomic E-state index is -0.692. The number of hydrogen-bond acceptors (Lipinski definition) is 5. The molecule has 1 aliphatic rings. The second-order valence-corrected chi connectivity index (χ2v) is 6.13. The highest BCUT2D eigenvalue weighted by Gasteiger charge is 2.23. The summed E-state index contributed by atoms with van der Waals surface area (Å²) in [6, 6.07) is 2.47. The highest BCUT2D eigenvalue weighted by atomic mass is 16.5. The SMILES string of the molecule is C=C(C)[C@@H]1C/C=C/CC/C=C/C(=N)Cc2cc(O)cc(O)c2C(=O)O1. The topological polar surface area (TPSA) is 90.6 Å². The first-order valence-electron chi connectivity index (χ1n) is 8.18. The zero-order chi connectivity index (χ0) is 18.4. The lowest BCUT2D eigenvalue weighted by atomic mass is 9.99. The zero-order valence-electron chi connectivity index (χ0n) is 14.3. The van der Waals surface area contributed by atoms with Gasteiger partial charge in [0, 0.05) is 24.6 Å². The molecule has 2 rings (SSSR count). The number of fused-ring (bicyclic) bond motifs is 1. The Bertz CT molecular complexity index is 746. The summed E-state index contributed by atoms with van der Waals surface area (Å²) < 4.78 is 5.52. The molecular weight excluding hydrogens is 318 g/mol. The van der Waals surface area contributed by atoms with Crippen LogP contribution in [0.15, 0.2) is 48.6 Å². The number of rotatable bonds is 1. The summed E-state index contributed by atoms with van der Waals surface area (Å²) in [5, 5.41) is 27.9. The van der Waals surface area contributed by atoms with E-state index < -0.39 is 12.1 Å². The summed E-state index contributed by atoms with van der Waals surface area (Å²) in [6.45, 7) is 5.64. The molecule has 0 aliphatic carbocycles. The van der Waals surface area contributed by atoms with Crippen LogP contribution in [-0.4, -0.2) is 28.0 Å². The fraction of sp³-hybridized carbons (Fsp3) is 0.300. The number of hydrogen-bond donors (Lipinski definition) is 3. The van der Waals surface area contributed by atoms with Crippen LogP contribution in [0.3, 0.4) is 0 Å². The van der Waals surface area contributed by atoms with Crippen LogP contribution in [-0.2, 0) is 11.2 Å². The molecule has 0 fully saturated rings. The van der Waals surface area contributed by atoms with E-state index in [9.17, 15) is 15.0 Å². The molecule has 1 aliphatic heterocycles. The Morgan fingerprint density at radius 2 is 1.96 bits per heavy atom. The summed E-state index contributed by atoms with van der Waals surface area (Å²) in [6.07, 6.45) is 9.27. The lowest BCUT2D eigenvalue weighted by Crippen LogP contribution is -2.20. The number of phenols is 2. The summed E-state index contributed by atoms with van der Waals surface area (Å²) in [7, 11) is 0. The Hall–Kier alpha value is -2.82. The fourth-order valence-corrected chi connectivity index (χ4v) is 2.60. The molecule has 5 nitrogen and oxygen atoms in total. The van der Waals surface area contributed by atoms with Gasteiger partial charge < -0.3 is 20.4 Å². The van der Waals surface area contributed by atoms with Crippen molar-refractivity contribution < 1.29 is 19.7 Å². The molecule has 1 atom stereocenters. The van der Waals surface area contributed by atoms with Gasteiger partial charge in [0.25, 0.3) is 0 Å². The lowest BCUT2D eigenvalue weighted by molar-refractivity contribution is 0.0376. The monoisotopic (exact) mass is 341 g/mol. The van der Waals surface area contributed by atoms with Gasteiger partial charge in [-0.2, -0.15) is 0 Å². The smallest absolute Gasteiger partial charge is 0.342 e. The van der Waals surface area contributed by atoms with E-state index in [0.29, 0.717) is 17.6 Å². The van der Waals surface area contributed by atoms with Gasteiger partial charge in [-0.3, -0.25) is 0 Å². The van der Waals surface area contributed by atoms with Crippen molar-refractivity contribution in [3.05, 3.63) is 59.7 Å². The molecule has 132 valence electrons. The molecule has 0 unspecified atom stereocenters. The third-order valence-electron chi connectivity index (χ3n) is 3.90. The van der Waals surface area contributed by atoms with Gasteiger partial charge in [0.15, 0.2) is 0 Å².